The molecule has 1 aromatic carbocycles. The van der Waals surface area contributed by atoms with Crippen LogP contribution >= 0.6 is 0 Å². The van der Waals surface area contributed by atoms with Crippen LogP contribution < -0.4 is 0 Å². The molecule has 1 heteroatoms. The fourth-order valence-corrected chi connectivity index (χ4v) is 3.44. The summed E-state index contributed by atoms with van der Waals surface area (Å²) in [6, 6.07) is 9.07. The Morgan fingerprint density at radius 2 is 1.77 bits per heavy atom. The molecule has 22 heavy (non-hydrogen) atoms. The van der Waals surface area contributed by atoms with Gasteiger partial charge < -0.3 is 4.90 Å². The van der Waals surface area contributed by atoms with Crippen molar-refractivity contribution >= 4 is 0 Å². The maximum atomic E-state index is 4.24. The zero-order chi connectivity index (χ0) is 16.2. The summed E-state index contributed by atoms with van der Waals surface area (Å²) in [5.74, 6) is 0.770. The van der Waals surface area contributed by atoms with Crippen LogP contribution in [0.4, 0.5) is 0 Å². The predicted molar refractivity (Wildman–Crippen MR) is 97.4 cm³/mol. The normalized spacial score (nSPS) is 17.6. The summed E-state index contributed by atoms with van der Waals surface area (Å²) in [5.41, 5.74) is 4.53. The van der Waals surface area contributed by atoms with Crippen LogP contribution in [0.15, 0.2) is 36.4 Å². The van der Waals surface area contributed by atoms with E-state index < -0.39 is 0 Å². The van der Waals surface area contributed by atoms with Crippen LogP contribution in [0.2, 0.25) is 0 Å². The second-order valence-electron chi connectivity index (χ2n) is 7.63. The molecule has 1 heterocycles. The maximum Gasteiger partial charge on any atom is -0.00104 e. The quantitative estimate of drug-likeness (QED) is 0.641. The lowest BCUT2D eigenvalue weighted by Crippen LogP contribution is -2.37. The van der Waals surface area contributed by atoms with Crippen LogP contribution in [-0.4, -0.2) is 24.5 Å². The van der Waals surface area contributed by atoms with E-state index in [4.69, 9.17) is 0 Å². The van der Waals surface area contributed by atoms with E-state index in [1.807, 2.05) is 0 Å². The number of aryl methyl sites for hydroxylation is 1. The molecule has 0 radical (unpaired) electrons. The summed E-state index contributed by atoms with van der Waals surface area (Å²) >= 11 is 0. The van der Waals surface area contributed by atoms with Crippen LogP contribution in [0.25, 0.3) is 0 Å². The second-order valence-corrected chi connectivity index (χ2v) is 7.63. The SMILES string of the molecule is C=C(CC)C1CCN(CCC(C)(C)c2ccc(C)cc2)CC1. The van der Waals surface area contributed by atoms with Crippen LogP contribution in [0.1, 0.15) is 57.6 Å². The standard InChI is InChI=1S/C21H33N/c1-6-18(3)19-11-14-22(15-12-19)16-13-21(4,5)20-9-7-17(2)8-10-20/h7-10,19H,3,6,11-16H2,1-2,4-5H3. The molecule has 122 valence electrons. The highest BCUT2D eigenvalue weighted by Gasteiger charge is 2.24. The van der Waals surface area contributed by atoms with Gasteiger partial charge in [0.2, 0.25) is 0 Å². The van der Waals surface area contributed by atoms with Gasteiger partial charge in [-0.3, -0.25) is 0 Å². The number of hydrogen-bond acceptors (Lipinski definition) is 1. The number of hydrogen-bond donors (Lipinski definition) is 0. The summed E-state index contributed by atoms with van der Waals surface area (Å²) in [6.07, 6.45) is 4.98. The van der Waals surface area contributed by atoms with Gasteiger partial charge in [0.25, 0.3) is 0 Å². The summed E-state index contributed by atoms with van der Waals surface area (Å²) in [5, 5.41) is 0. The molecular formula is C21H33N. The van der Waals surface area contributed by atoms with Gasteiger partial charge in [-0.2, -0.15) is 0 Å². The molecule has 2 rings (SSSR count). The highest BCUT2D eigenvalue weighted by molar-refractivity contribution is 5.27. The van der Waals surface area contributed by atoms with Gasteiger partial charge in [-0.15, -0.1) is 0 Å². The molecule has 0 spiro atoms. The first kappa shape index (κ1) is 17.3. The third kappa shape index (κ3) is 4.46. The summed E-state index contributed by atoms with van der Waals surface area (Å²) in [7, 11) is 0. The molecule has 0 bridgehead atoms. The molecule has 0 aromatic heterocycles. The molecule has 1 aliphatic heterocycles. The largest absolute Gasteiger partial charge is 0.303 e. The Balaban J connectivity index is 1.83. The Morgan fingerprint density at radius 1 is 1.18 bits per heavy atom. The predicted octanol–water partition coefficient (Wildman–Crippen LogP) is 5.34. The van der Waals surface area contributed by atoms with Crippen molar-refractivity contribution in [1.29, 1.82) is 0 Å². The van der Waals surface area contributed by atoms with Crippen molar-refractivity contribution in [2.45, 2.75) is 58.8 Å². The zero-order valence-electron chi connectivity index (χ0n) is 15.0. The molecule has 0 saturated carbocycles. The molecule has 0 aliphatic carbocycles. The molecular weight excluding hydrogens is 266 g/mol. The van der Waals surface area contributed by atoms with E-state index in [1.54, 1.807) is 0 Å². The van der Waals surface area contributed by atoms with Gasteiger partial charge in [-0.25, -0.2) is 0 Å². The number of piperidine rings is 1. The topological polar surface area (TPSA) is 3.24 Å². The first-order valence-corrected chi connectivity index (χ1v) is 8.89. The summed E-state index contributed by atoms with van der Waals surface area (Å²) in [4.78, 5) is 2.65. The van der Waals surface area contributed by atoms with Gasteiger partial charge in [0.15, 0.2) is 0 Å². The minimum Gasteiger partial charge on any atom is -0.303 e. The first-order valence-electron chi connectivity index (χ1n) is 8.89. The highest BCUT2D eigenvalue weighted by atomic mass is 15.1. The van der Waals surface area contributed by atoms with Crippen LogP contribution in [0.5, 0.6) is 0 Å². The van der Waals surface area contributed by atoms with Crippen molar-refractivity contribution in [3.05, 3.63) is 47.5 Å². The van der Waals surface area contributed by atoms with Crippen molar-refractivity contribution in [3.63, 3.8) is 0 Å². The smallest absolute Gasteiger partial charge is 0.00104 e. The maximum absolute atomic E-state index is 4.24. The van der Waals surface area contributed by atoms with Gasteiger partial charge in [0, 0.05) is 0 Å². The van der Waals surface area contributed by atoms with Crippen LogP contribution in [0, 0.1) is 12.8 Å². The third-order valence-corrected chi connectivity index (χ3v) is 5.51. The van der Waals surface area contributed by atoms with Gasteiger partial charge in [0.05, 0.1) is 0 Å². The first-order chi connectivity index (χ1) is 10.4. The van der Waals surface area contributed by atoms with Crippen LogP contribution in [-0.2, 0) is 5.41 Å². The Kier molecular flexibility index (Phi) is 5.86. The molecule has 0 unspecified atom stereocenters. The Hall–Kier alpha value is -1.08. The molecule has 0 N–H and O–H groups in total. The number of rotatable bonds is 6. The third-order valence-electron chi connectivity index (χ3n) is 5.51. The van der Waals surface area contributed by atoms with E-state index in [1.165, 1.54) is 55.6 Å². The fourth-order valence-electron chi connectivity index (χ4n) is 3.44. The van der Waals surface area contributed by atoms with E-state index in [2.05, 4.69) is 63.4 Å². The monoisotopic (exact) mass is 299 g/mol. The van der Waals surface area contributed by atoms with Gasteiger partial charge >= 0.3 is 0 Å². The van der Waals surface area contributed by atoms with E-state index >= 15 is 0 Å². The molecule has 1 aromatic rings. The van der Waals surface area contributed by atoms with Gasteiger partial charge in [-0.05, 0) is 69.1 Å². The van der Waals surface area contributed by atoms with Crippen LogP contribution in [0.3, 0.4) is 0 Å². The average Bonchev–Trinajstić information content (AvgIpc) is 2.53. The fraction of sp³-hybridized carbons (Fsp3) is 0.619. The van der Waals surface area contributed by atoms with E-state index in [9.17, 15) is 0 Å². The lowest BCUT2D eigenvalue weighted by atomic mass is 9.81. The average molecular weight is 300 g/mol. The van der Waals surface area contributed by atoms with Gasteiger partial charge in [0.1, 0.15) is 0 Å². The summed E-state index contributed by atoms with van der Waals surface area (Å²) in [6.45, 7) is 17.1. The molecule has 1 saturated heterocycles. The molecule has 1 aliphatic rings. The molecule has 1 fully saturated rings. The lowest BCUT2D eigenvalue weighted by Gasteiger charge is -2.35. The lowest BCUT2D eigenvalue weighted by molar-refractivity contribution is 0.184. The van der Waals surface area contributed by atoms with Crippen molar-refractivity contribution < 1.29 is 0 Å². The Bertz CT molecular complexity index is 475. The number of likely N-dealkylation sites (tertiary alicyclic amines) is 1. The molecule has 1 nitrogen and oxygen atoms in total. The van der Waals surface area contributed by atoms with Crippen molar-refractivity contribution in [2.75, 3.05) is 19.6 Å². The Labute approximate surface area is 137 Å². The zero-order valence-corrected chi connectivity index (χ0v) is 15.0. The van der Waals surface area contributed by atoms with E-state index in [-0.39, 0.29) is 5.41 Å². The van der Waals surface area contributed by atoms with Crippen molar-refractivity contribution in [3.8, 4) is 0 Å². The van der Waals surface area contributed by atoms with E-state index in [0.717, 1.165) is 12.3 Å². The van der Waals surface area contributed by atoms with Gasteiger partial charge in [-0.1, -0.05) is 62.8 Å². The van der Waals surface area contributed by atoms with Crippen molar-refractivity contribution in [1.82, 2.24) is 4.90 Å². The number of benzene rings is 1. The summed E-state index contributed by atoms with van der Waals surface area (Å²) < 4.78 is 0. The Morgan fingerprint density at radius 3 is 2.32 bits per heavy atom. The molecule has 0 atom stereocenters. The molecule has 0 amide bonds. The second kappa shape index (κ2) is 7.46. The minimum absolute atomic E-state index is 0.261. The number of allylic oxidation sites excluding steroid dienone is 1. The van der Waals surface area contributed by atoms with Crippen molar-refractivity contribution in [2.24, 2.45) is 5.92 Å². The highest BCUT2D eigenvalue weighted by Crippen LogP contribution is 2.29. The minimum atomic E-state index is 0.261. The van der Waals surface area contributed by atoms with E-state index in [0.29, 0.717) is 0 Å². The number of nitrogens with zero attached hydrogens (tertiary/aromatic N) is 1.